The standard InChI is InChI=1S/C18H24N2O/c1-5-14(4)20-11-17(12-21)18(19-20)16-8-6-15(7-9-16)10-13(2)3/h6-9,11-14H,5,10H2,1-4H3. The quantitative estimate of drug-likeness (QED) is 0.730. The molecule has 21 heavy (non-hydrogen) atoms. The fourth-order valence-corrected chi connectivity index (χ4v) is 2.40. The lowest BCUT2D eigenvalue weighted by Crippen LogP contribution is -2.04. The van der Waals surface area contributed by atoms with Crippen molar-refractivity contribution in [3.05, 3.63) is 41.6 Å². The molecule has 1 unspecified atom stereocenters. The van der Waals surface area contributed by atoms with E-state index in [1.165, 1.54) is 5.56 Å². The van der Waals surface area contributed by atoms with Gasteiger partial charge in [0.2, 0.25) is 0 Å². The molecule has 0 aliphatic rings. The van der Waals surface area contributed by atoms with Crippen LogP contribution in [0.25, 0.3) is 11.3 Å². The van der Waals surface area contributed by atoms with Gasteiger partial charge in [-0.15, -0.1) is 0 Å². The first-order chi connectivity index (χ1) is 10.0. The molecule has 1 heterocycles. The number of nitrogens with zero attached hydrogens (tertiary/aromatic N) is 2. The largest absolute Gasteiger partial charge is 0.298 e. The molecule has 0 aliphatic carbocycles. The Bertz CT molecular complexity index is 596. The Morgan fingerprint density at radius 2 is 1.86 bits per heavy atom. The average Bonchev–Trinajstić information content (AvgIpc) is 2.91. The second kappa shape index (κ2) is 6.70. The number of hydrogen-bond donors (Lipinski definition) is 0. The molecule has 3 heteroatoms. The van der Waals surface area contributed by atoms with E-state index in [-0.39, 0.29) is 0 Å². The average molecular weight is 284 g/mol. The molecule has 0 fully saturated rings. The second-order valence-corrected chi connectivity index (χ2v) is 6.08. The van der Waals surface area contributed by atoms with Crippen LogP contribution in [0.1, 0.15) is 56.1 Å². The molecule has 0 spiro atoms. The molecule has 2 rings (SSSR count). The van der Waals surface area contributed by atoms with Gasteiger partial charge in [0, 0.05) is 17.8 Å². The van der Waals surface area contributed by atoms with Crippen molar-refractivity contribution in [1.29, 1.82) is 0 Å². The second-order valence-electron chi connectivity index (χ2n) is 6.08. The summed E-state index contributed by atoms with van der Waals surface area (Å²) in [7, 11) is 0. The van der Waals surface area contributed by atoms with Crippen molar-refractivity contribution >= 4 is 6.29 Å². The Kier molecular flexibility index (Phi) is 4.94. The van der Waals surface area contributed by atoms with Crippen molar-refractivity contribution in [2.75, 3.05) is 0 Å². The molecule has 0 saturated carbocycles. The maximum absolute atomic E-state index is 11.3. The predicted molar refractivity (Wildman–Crippen MR) is 86.6 cm³/mol. The van der Waals surface area contributed by atoms with Gasteiger partial charge in [-0.3, -0.25) is 9.48 Å². The molecule has 0 N–H and O–H groups in total. The van der Waals surface area contributed by atoms with Crippen LogP contribution in [-0.4, -0.2) is 16.1 Å². The monoisotopic (exact) mass is 284 g/mol. The summed E-state index contributed by atoms with van der Waals surface area (Å²) in [4.78, 5) is 11.3. The Hall–Kier alpha value is -1.90. The maximum Gasteiger partial charge on any atom is 0.153 e. The lowest BCUT2D eigenvalue weighted by Gasteiger charge is -2.08. The number of carbonyl (C=O) groups excluding carboxylic acids is 1. The van der Waals surface area contributed by atoms with E-state index in [2.05, 4.69) is 57.1 Å². The molecule has 0 radical (unpaired) electrons. The van der Waals surface area contributed by atoms with Crippen LogP contribution in [-0.2, 0) is 6.42 Å². The summed E-state index contributed by atoms with van der Waals surface area (Å²) >= 11 is 0. The molecule has 0 aliphatic heterocycles. The SMILES string of the molecule is CCC(C)n1cc(C=O)c(-c2ccc(CC(C)C)cc2)n1. The molecule has 3 nitrogen and oxygen atoms in total. The molecule has 2 aromatic rings. The van der Waals surface area contributed by atoms with Crippen LogP contribution in [0.3, 0.4) is 0 Å². The van der Waals surface area contributed by atoms with E-state index in [0.29, 0.717) is 17.5 Å². The van der Waals surface area contributed by atoms with Crippen molar-refractivity contribution in [3.63, 3.8) is 0 Å². The van der Waals surface area contributed by atoms with Crippen LogP contribution >= 0.6 is 0 Å². The summed E-state index contributed by atoms with van der Waals surface area (Å²) in [5.74, 6) is 0.644. The van der Waals surface area contributed by atoms with E-state index >= 15 is 0 Å². The molecule has 1 aromatic carbocycles. The highest BCUT2D eigenvalue weighted by Crippen LogP contribution is 2.24. The highest BCUT2D eigenvalue weighted by Gasteiger charge is 2.13. The molecular weight excluding hydrogens is 260 g/mol. The lowest BCUT2D eigenvalue weighted by molar-refractivity contribution is 0.112. The van der Waals surface area contributed by atoms with Gasteiger partial charge in [0.1, 0.15) is 5.69 Å². The minimum atomic E-state index is 0.303. The molecular formula is C18H24N2O. The van der Waals surface area contributed by atoms with Gasteiger partial charge >= 0.3 is 0 Å². The normalized spacial score (nSPS) is 12.6. The third-order valence-electron chi connectivity index (χ3n) is 3.80. The van der Waals surface area contributed by atoms with Crippen LogP contribution in [0.15, 0.2) is 30.5 Å². The Morgan fingerprint density at radius 3 is 2.38 bits per heavy atom. The number of carbonyl (C=O) groups is 1. The minimum Gasteiger partial charge on any atom is -0.298 e. The third-order valence-corrected chi connectivity index (χ3v) is 3.80. The predicted octanol–water partition coefficient (Wildman–Crippen LogP) is 4.53. The number of rotatable bonds is 6. The summed E-state index contributed by atoms with van der Waals surface area (Å²) in [5, 5.41) is 4.60. The summed E-state index contributed by atoms with van der Waals surface area (Å²) < 4.78 is 1.89. The van der Waals surface area contributed by atoms with Gasteiger partial charge in [0.25, 0.3) is 0 Å². The topological polar surface area (TPSA) is 34.9 Å². The van der Waals surface area contributed by atoms with Gasteiger partial charge in [-0.25, -0.2) is 0 Å². The van der Waals surface area contributed by atoms with Gasteiger partial charge < -0.3 is 0 Å². The van der Waals surface area contributed by atoms with Crippen LogP contribution in [0.4, 0.5) is 0 Å². The van der Waals surface area contributed by atoms with Crippen LogP contribution in [0.2, 0.25) is 0 Å². The zero-order valence-corrected chi connectivity index (χ0v) is 13.3. The maximum atomic E-state index is 11.3. The lowest BCUT2D eigenvalue weighted by atomic mass is 10.0. The number of aldehydes is 1. The molecule has 1 aromatic heterocycles. The first-order valence-electron chi connectivity index (χ1n) is 7.68. The van der Waals surface area contributed by atoms with Crippen molar-refractivity contribution in [2.45, 2.75) is 46.6 Å². The summed E-state index contributed by atoms with van der Waals surface area (Å²) in [6.45, 7) is 8.66. The fourth-order valence-electron chi connectivity index (χ4n) is 2.40. The smallest absolute Gasteiger partial charge is 0.153 e. The van der Waals surface area contributed by atoms with Crippen molar-refractivity contribution in [2.24, 2.45) is 5.92 Å². The van der Waals surface area contributed by atoms with E-state index in [1.54, 1.807) is 0 Å². The molecule has 112 valence electrons. The van der Waals surface area contributed by atoms with E-state index in [4.69, 9.17) is 0 Å². The number of aromatic nitrogens is 2. The van der Waals surface area contributed by atoms with Crippen molar-refractivity contribution < 1.29 is 4.79 Å². The third kappa shape index (κ3) is 3.60. The Labute approximate surface area is 127 Å². The first-order valence-corrected chi connectivity index (χ1v) is 7.68. The van der Waals surface area contributed by atoms with Crippen LogP contribution in [0.5, 0.6) is 0 Å². The zero-order valence-electron chi connectivity index (χ0n) is 13.3. The summed E-state index contributed by atoms with van der Waals surface area (Å²) in [6, 6.07) is 8.69. The van der Waals surface area contributed by atoms with Crippen LogP contribution < -0.4 is 0 Å². The highest BCUT2D eigenvalue weighted by atomic mass is 16.1. The highest BCUT2D eigenvalue weighted by molar-refractivity contribution is 5.85. The number of hydrogen-bond acceptors (Lipinski definition) is 2. The number of benzene rings is 1. The summed E-state index contributed by atoms with van der Waals surface area (Å²) in [5.41, 5.74) is 3.77. The fraction of sp³-hybridized carbons (Fsp3) is 0.444. The Balaban J connectivity index is 2.32. The van der Waals surface area contributed by atoms with Gasteiger partial charge in [0.15, 0.2) is 6.29 Å². The molecule has 0 amide bonds. The van der Waals surface area contributed by atoms with Gasteiger partial charge in [0.05, 0.1) is 5.56 Å². The van der Waals surface area contributed by atoms with E-state index in [0.717, 1.165) is 30.4 Å². The van der Waals surface area contributed by atoms with E-state index in [1.807, 2.05) is 10.9 Å². The molecule has 0 bridgehead atoms. The first kappa shape index (κ1) is 15.5. The minimum absolute atomic E-state index is 0.303. The van der Waals surface area contributed by atoms with Crippen molar-refractivity contribution in [1.82, 2.24) is 9.78 Å². The zero-order chi connectivity index (χ0) is 15.4. The van der Waals surface area contributed by atoms with Gasteiger partial charge in [-0.1, -0.05) is 45.0 Å². The summed E-state index contributed by atoms with van der Waals surface area (Å²) in [6.07, 6.45) is 4.80. The van der Waals surface area contributed by atoms with Crippen molar-refractivity contribution in [3.8, 4) is 11.3 Å². The molecule has 0 saturated heterocycles. The van der Waals surface area contributed by atoms with E-state index in [9.17, 15) is 4.79 Å². The van der Waals surface area contributed by atoms with Gasteiger partial charge in [-0.2, -0.15) is 5.10 Å². The molecule has 1 atom stereocenters. The van der Waals surface area contributed by atoms with Crippen LogP contribution in [0, 0.1) is 5.92 Å². The Morgan fingerprint density at radius 1 is 1.19 bits per heavy atom. The van der Waals surface area contributed by atoms with Gasteiger partial charge in [-0.05, 0) is 31.2 Å². The van der Waals surface area contributed by atoms with E-state index < -0.39 is 0 Å².